The largest absolute Gasteiger partial charge is 0.381 e. The second-order valence-electron chi connectivity index (χ2n) is 6.17. The van der Waals surface area contributed by atoms with Gasteiger partial charge in [-0.05, 0) is 49.9 Å². The number of hydrogen-bond donors (Lipinski definition) is 2. The SMILES string of the molecule is Cc1cccc(C)c1NC(=O)c1ccc(NCC2CCCO2)cn1. The van der Waals surface area contributed by atoms with Crippen molar-refractivity contribution < 1.29 is 9.53 Å². The lowest BCUT2D eigenvalue weighted by molar-refractivity contribution is 0.102. The molecule has 1 fully saturated rings. The zero-order valence-electron chi connectivity index (χ0n) is 14.1. The maximum absolute atomic E-state index is 12.4. The molecule has 0 spiro atoms. The van der Waals surface area contributed by atoms with Gasteiger partial charge in [0.05, 0.1) is 18.0 Å². The number of para-hydroxylation sites is 1. The van der Waals surface area contributed by atoms with Crippen molar-refractivity contribution in [2.24, 2.45) is 0 Å². The van der Waals surface area contributed by atoms with Gasteiger partial charge in [-0.25, -0.2) is 4.98 Å². The second kappa shape index (κ2) is 7.45. The number of benzene rings is 1. The van der Waals surface area contributed by atoms with E-state index in [-0.39, 0.29) is 12.0 Å². The minimum atomic E-state index is -0.196. The number of hydrogen-bond acceptors (Lipinski definition) is 4. The van der Waals surface area contributed by atoms with E-state index in [1.54, 1.807) is 12.3 Å². The molecule has 0 saturated carbocycles. The third-order valence-electron chi connectivity index (χ3n) is 4.27. The summed E-state index contributed by atoms with van der Waals surface area (Å²) in [5, 5.41) is 6.25. The van der Waals surface area contributed by atoms with Crippen molar-refractivity contribution in [1.29, 1.82) is 0 Å². The number of ether oxygens (including phenoxy) is 1. The average Bonchev–Trinajstić information content (AvgIpc) is 3.10. The minimum absolute atomic E-state index is 0.196. The topological polar surface area (TPSA) is 63.2 Å². The first-order valence-corrected chi connectivity index (χ1v) is 8.32. The van der Waals surface area contributed by atoms with E-state index in [0.717, 1.165) is 48.5 Å². The van der Waals surface area contributed by atoms with Gasteiger partial charge < -0.3 is 15.4 Å². The highest BCUT2D eigenvalue weighted by atomic mass is 16.5. The lowest BCUT2D eigenvalue weighted by Gasteiger charge is -2.13. The fourth-order valence-electron chi connectivity index (χ4n) is 2.86. The molecule has 1 atom stereocenters. The fraction of sp³-hybridized carbons (Fsp3) is 0.368. The number of pyridine rings is 1. The minimum Gasteiger partial charge on any atom is -0.381 e. The number of anilines is 2. The standard InChI is InChI=1S/C19H23N3O2/c1-13-5-3-6-14(2)18(13)22-19(23)17-9-8-15(11-21-17)20-12-16-7-4-10-24-16/h3,5-6,8-9,11,16,20H,4,7,10,12H2,1-2H3,(H,22,23). The average molecular weight is 325 g/mol. The summed E-state index contributed by atoms with van der Waals surface area (Å²) in [6.07, 6.45) is 4.19. The highest BCUT2D eigenvalue weighted by Gasteiger charge is 2.15. The van der Waals surface area contributed by atoms with Gasteiger partial charge in [0.25, 0.3) is 5.91 Å². The first-order valence-electron chi connectivity index (χ1n) is 8.32. The van der Waals surface area contributed by atoms with Gasteiger partial charge in [-0.15, -0.1) is 0 Å². The summed E-state index contributed by atoms with van der Waals surface area (Å²) < 4.78 is 5.58. The number of nitrogens with one attached hydrogen (secondary N) is 2. The first-order chi connectivity index (χ1) is 11.6. The molecule has 24 heavy (non-hydrogen) atoms. The van der Waals surface area contributed by atoms with Crippen LogP contribution in [0.3, 0.4) is 0 Å². The Morgan fingerprint density at radius 3 is 2.67 bits per heavy atom. The molecule has 2 aromatic rings. The van der Waals surface area contributed by atoms with Gasteiger partial charge in [0.1, 0.15) is 5.69 Å². The number of carbonyl (C=O) groups is 1. The van der Waals surface area contributed by atoms with Crippen LogP contribution in [0.15, 0.2) is 36.5 Å². The summed E-state index contributed by atoms with van der Waals surface area (Å²) in [4.78, 5) is 16.6. The quantitative estimate of drug-likeness (QED) is 0.882. The highest BCUT2D eigenvalue weighted by molar-refractivity contribution is 6.03. The number of aryl methyl sites for hydroxylation is 2. The van der Waals surface area contributed by atoms with Crippen LogP contribution in [0.25, 0.3) is 0 Å². The Morgan fingerprint density at radius 1 is 1.25 bits per heavy atom. The van der Waals surface area contributed by atoms with E-state index in [0.29, 0.717) is 5.69 Å². The summed E-state index contributed by atoms with van der Waals surface area (Å²) in [6, 6.07) is 9.55. The molecule has 0 aliphatic carbocycles. The van der Waals surface area contributed by atoms with E-state index in [9.17, 15) is 4.79 Å². The Bertz CT molecular complexity index is 687. The van der Waals surface area contributed by atoms with Gasteiger partial charge >= 0.3 is 0 Å². The molecule has 5 heteroatoms. The Balaban J connectivity index is 1.61. The molecule has 5 nitrogen and oxygen atoms in total. The van der Waals surface area contributed by atoms with Crippen LogP contribution in [0.1, 0.15) is 34.5 Å². The number of carbonyl (C=O) groups excluding carboxylic acids is 1. The summed E-state index contributed by atoms with van der Waals surface area (Å²) in [6.45, 7) is 5.58. The van der Waals surface area contributed by atoms with Crippen molar-refractivity contribution >= 4 is 17.3 Å². The molecule has 1 aliphatic rings. The molecule has 1 aromatic heterocycles. The first kappa shape index (κ1) is 16.5. The van der Waals surface area contributed by atoms with Crippen LogP contribution in [-0.2, 0) is 4.74 Å². The maximum atomic E-state index is 12.4. The van der Waals surface area contributed by atoms with Gasteiger partial charge in [0.2, 0.25) is 0 Å². The predicted molar refractivity (Wildman–Crippen MR) is 95.6 cm³/mol. The number of nitrogens with zero attached hydrogens (tertiary/aromatic N) is 1. The van der Waals surface area contributed by atoms with Crippen molar-refractivity contribution in [3.63, 3.8) is 0 Å². The van der Waals surface area contributed by atoms with Crippen LogP contribution < -0.4 is 10.6 Å². The summed E-state index contributed by atoms with van der Waals surface area (Å²) in [7, 11) is 0. The van der Waals surface area contributed by atoms with E-state index < -0.39 is 0 Å². The van der Waals surface area contributed by atoms with Crippen LogP contribution in [0.4, 0.5) is 11.4 Å². The lowest BCUT2D eigenvalue weighted by atomic mass is 10.1. The predicted octanol–water partition coefficient (Wildman–Crippen LogP) is 3.54. The normalized spacial score (nSPS) is 16.8. The second-order valence-corrected chi connectivity index (χ2v) is 6.17. The number of amides is 1. The molecule has 0 bridgehead atoms. The van der Waals surface area contributed by atoms with E-state index in [1.807, 2.05) is 38.1 Å². The number of rotatable bonds is 5. The van der Waals surface area contributed by atoms with Crippen LogP contribution in [0.5, 0.6) is 0 Å². The van der Waals surface area contributed by atoms with Crippen molar-refractivity contribution in [1.82, 2.24) is 4.98 Å². The molecule has 2 heterocycles. The van der Waals surface area contributed by atoms with Crippen molar-refractivity contribution in [3.05, 3.63) is 53.3 Å². The molecular formula is C19H23N3O2. The Morgan fingerprint density at radius 2 is 2.04 bits per heavy atom. The van der Waals surface area contributed by atoms with E-state index in [2.05, 4.69) is 15.6 Å². The van der Waals surface area contributed by atoms with E-state index in [4.69, 9.17) is 4.74 Å². The molecule has 3 rings (SSSR count). The molecule has 0 radical (unpaired) electrons. The van der Waals surface area contributed by atoms with Gasteiger partial charge in [0.15, 0.2) is 0 Å². The third-order valence-corrected chi connectivity index (χ3v) is 4.27. The van der Waals surface area contributed by atoms with Gasteiger partial charge in [-0.2, -0.15) is 0 Å². The van der Waals surface area contributed by atoms with E-state index in [1.165, 1.54) is 0 Å². The number of aromatic nitrogens is 1. The van der Waals surface area contributed by atoms with Crippen LogP contribution in [-0.4, -0.2) is 30.1 Å². The van der Waals surface area contributed by atoms with Crippen LogP contribution in [0.2, 0.25) is 0 Å². The smallest absolute Gasteiger partial charge is 0.274 e. The lowest BCUT2D eigenvalue weighted by Crippen LogP contribution is -2.19. The molecule has 1 unspecified atom stereocenters. The van der Waals surface area contributed by atoms with Gasteiger partial charge in [-0.1, -0.05) is 18.2 Å². The molecular weight excluding hydrogens is 302 g/mol. The van der Waals surface area contributed by atoms with Crippen molar-refractivity contribution in [3.8, 4) is 0 Å². The molecule has 2 N–H and O–H groups in total. The molecule has 1 aromatic carbocycles. The Labute approximate surface area is 142 Å². The van der Waals surface area contributed by atoms with Crippen LogP contribution >= 0.6 is 0 Å². The van der Waals surface area contributed by atoms with Crippen LogP contribution in [0, 0.1) is 13.8 Å². The molecule has 1 aliphatic heterocycles. The highest BCUT2D eigenvalue weighted by Crippen LogP contribution is 2.20. The summed E-state index contributed by atoms with van der Waals surface area (Å²) >= 11 is 0. The van der Waals surface area contributed by atoms with Crippen molar-refractivity contribution in [2.75, 3.05) is 23.8 Å². The molecule has 1 amide bonds. The summed E-state index contributed by atoms with van der Waals surface area (Å²) in [5.41, 5.74) is 4.23. The van der Waals surface area contributed by atoms with E-state index >= 15 is 0 Å². The van der Waals surface area contributed by atoms with Crippen molar-refractivity contribution in [2.45, 2.75) is 32.8 Å². The van der Waals surface area contributed by atoms with Gasteiger partial charge in [-0.3, -0.25) is 4.79 Å². The zero-order valence-corrected chi connectivity index (χ0v) is 14.1. The summed E-state index contributed by atoms with van der Waals surface area (Å²) in [5.74, 6) is -0.196. The van der Waals surface area contributed by atoms with Gasteiger partial charge in [0, 0.05) is 18.8 Å². The zero-order chi connectivity index (χ0) is 16.9. The molecule has 1 saturated heterocycles. The third kappa shape index (κ3) is 3.92. The Hall–Kier alpha value is -2.40. The monoisotopic (exact) mass is 325 g/mol. The molecule has 126 valence electrons. The Kier molecular flexibility index (Phi) is 5.11. The maximum Gasteiger partial charge on any atom is 0.274 e. The fourth-order valence-corrected chi connectivity index (χ4v) is 2.86.